The largest absolute Gasteiger partial charge is 0.361 e. The second kappa shape index (κ2) is 7.67. The van der Waals surface area contributed by atoms with Crippen molar-refractivity contribution in [2.75, 3.05) is 58.3 Å². The van der Waals surface area contributed by atoms with E-state index in [4.69, 9.17) is 0 Å². The van der Waals surface area contributed by atoms with Crippen molar-refractivity contribution in [3.8, 4) is 0 Å². The van der Waals surface area contributed by atoms with Gasteiger partial charge >= 0.3 is 6.03 Å². The molecule has 0 N–H and O–H groups in total. The smallest absolute Gasteiger partial charge is 0.320 e. The number of aromatic nitrogens is 2. The Hall–Kier alpha value is -2.38. The van der Waals surface area contributed by atoms with E-state index in [9.17, 15) is 9.59 Å². The number of likely N-dealkylation sites (tertiary alicyclic amines) is 1. The van der Waals surface area contributed by atoms with Gasteiger partial charge in [-0.15, -0.1) is 10.2 Å². The summed E-state index contributed by atoms with van der Waals surface area (Å²) in [5.74, 6) is 0.594. The van der Waals surface area contributed by atoms with Crippen molar-refractivity contribution in [3.05, 3.63) is 17.8 Å². The Labute approximate surface area is 148 Å². The quantitative estimate of drug-likeness (QED) is 0.796. The summed E-state index contributed by atoms with van der Waals surface area (Å²) in [5.41, 5.74) is 0.349. The van der Waals surface area contributed by atoms with Gasteiger partial charge in [-0.2, -0.15) is 0 Å². The van der Waals surface area contributed by atoms with Gasteiger partial charge in [0.05, 0.1) is 0 Å². The number of urea groups is 1. The highest BCUT2D eigenvalue weighted by atomic mass is 16.2. The summed E-state index contributed by atoms with van der Waals surface area (Å²) in [6.45, 7) is 3.93. The fourth-order valence-corrected chi connectivity index (χ4v) is 3.23. The van der Waals surface area contributed by atoms with Crippen LogP contribution in [0.15, 0.2) is 12.1 Å². The molecule has 0 radical (unpaired) electrons. The first kappa shape index (κ1) is 17.4. The Bertz CT molecular complexity index is 604. The van der Waals surface area contributed by atoms with E-state index in [-0.39, 0.29) is 11.9 Å². The normalized spacial score (nSPS) is 18.2. The maximum absolute atomic E-state index is 12.6. The van der Waals surface area contributed by atoms with Gasteiger partial charge in [0, 0.05) is 53.4 Å². The van der Waals surface area contributed by atoms with Gasteiger partial charge in [0.25, 0.3) is 5.91 Å². The monoisotopic (exact) mass is 346 g/mol. The highest BCUT2D eigenvalue weighted by molar-refractivity contribution is 5.92. The van der Waals surface area contributed by atoms with Crippen LogP contribution in [0.2, 0.25) is 0 Å². The van der Waals surface area contributed by atoms with E-state index in [0.717, 1.165) is 25.9 Å². The summed E-state index contributed by atoms with van der Waals surface area (Å²) in [4.78, 5) is 32.5. The molecule has 2 saturated heterocycles. The molecule has 8 heteroatoms. The minimum Gasteiger partial charge on any atom is -0.361 e. The zero-order valence-corrected chi connectivity index (χ0v) is 15.0. The summed E-state index contributed by atoms with van der Waals surface area (Å²) >= 11 is 0. The third kappa shape index (κ3) is 4.00. The van der Waals surface area contributed by atoms with Gasteiger partial charge < -0.3 is 19.6 Å². The first-order chi connectivity index (χ1) is 12.1. The Morgan fingerprint density at radius 2 is 1.44 bits per heavy atom. The van der Waals surface area contributed by atoms with Crippen LogP contribution in [-0.4, -0.2) is 90.2 Å². The molecule has 0 unspecified atom stereocenters. The van der Waals surface area contributed by atoms with Crippen LogP contribution in [0.1, 0.15) is 29.8 Å². The molecule has 3 rings (SSSR count). The molecule has 136 valence electrons. The number of piperazine rings is 1. The summed E-state index contributed by atoms with van der Waals surface area (Å²) in [5, 5.41) is 8.09. The fourth-order valence-electron chi connectivity index (χ4n) is 3.23. The molecule has 1 aromatic rings. The van der Waals surface area contributed by atoms with Crippen LogP contribution in [-0.2, 0) is 0 Å². The molecule has 0 aliphatic carbocycles. The fraction of sp³-hybridized carbons (Fsp3) is 0.647. The van der Waals surface area contributed by atoms with Gasteiger partial charge in [0.15, 0.2) is 11.5 Å². The van der Waals surface area contributed by atoms with E-state index >= 15 is 0 Å². The molecule has 0 saturated carbocycles. The van der Waals surface area contributed by atoms with E-state index < -0.39 is 0 Å². The number of anilines is 1. The van der Waals surface area contributed by atoms with E-state index in [1.54, 1.807) is 17.0 Å². The summed E-state index contributed by atoms with van der Waals surface area (Å²) in [7, 11) is 3.76. The molecule has 3 amide bonds. The zero-order chi connectivity index (χ0) is 17.8. The third-order valence-corrected chi connectivity index (χ3v) is 4.79. The van der Waals surface area contributed by atoms with E-state index in [2.05, 4.69) is 10.2 Å². The molecule has 2 aliphatic rings. The summed E-state index contributed by atoms with van der Waals surface area (Å²) in [6, 6.07) is 3.61. The van der Waals surface area contributed by atoms with Gasteiger partial charge in [-0.3, -0.25) is 4.79 Å². The average molecular weight is 346 g/mol. The lowest BCUT2D eigenvalue weighted by Gasteiger charge is -2.38. The first-order valence-electron chi connectivity index (χ1n) is 8.90. The molecular formula is C17H26N6O2. The standard InChI is InChI=1S/C17H26N6O2/c1-20(2)15-7-6-14(18-19-15)16(24)21-10-12-23(13-11-21)17(25)22-8-4-3-5-9-22/h6-7H,3-5,8-13H2,1-2H3. The van der Waals surface area contributed by atoms with Crippen molar-refractivity contribution >= 4 is 17.8 Å². The van der Waals surface area contributed by atoms with Crippen LogP contribution < -0.4 is 4.90 Å². The molecule has 25 heavy (non-hydrogen) atoms. The SMILES string of the molecule is CN(C)c1ccc(C(=O)N2CCN(C(=O)N3CCCCC3)CC2)nn1. The molecule has 3 heterocycles. The Morgan fingerprint density at radius 3 is 2.00 bits per heavy atom. The average Bonchev–Trinajstić information content (AvgIpc) is 2.67. The Morgan fingerprint density at radius 1 is 0.840 bits per heavy atom. The summed E-state index contributed by atoms with van der Waals surface area (Å²) < 4.78 is 0. The van der Waals surface area contributed by atoms with Crippen molar-refractivity contribution in [1.82, 2.24) is 24.9 Å². The molecule has 0 atom stereocenters. The number of carbonyl (C=O) groups excluding carboxylic acids is 2. The van der Waals surface area contributed by atoms with Gasteiger partial charge in [-0.1, -0.05) is 0 Å². The lowest BCUT2D eigenvalue weighted by Crippen LogP contribution is -2.54. The van der Waals surface area contributed by atoms with E-state index in [1.165, 1.54) is 6.42 Å². The number of rotatable bonds is 2. The van der Waals surface area contributed by atoms with Gasteiger partial charge in [-0.05, 0) is 31.4 Å². The Balaban J connectivity index is 1.54. The minimum absolute atomic E-state index is 0.113. The van der Waals surface area contributed by atoms with Crippen molar-refractivity contribution < 1.29 is 9.59 Å². The minimum atomic E-state index is -0.122. The molecule has 2 fully saturated rings. The zero-order valence-electron chi connectivity index (χ0n) is 15.0. The molecular weight excluding hydrogens is 320 g/mol. The molecule has 1 aromatic heterocycles. The number of hydrogen-bond acceptors (Lipinski definition) is 5. The van der Waals surface area contributed by atoms with Gasteiger partial charge in [0.1, 0.15) is 0 Å². The lowest BCUT2D eigenvalue weighted by atomic mass is 10.1. The number of hydrogen-bond donors (Lipinski definition) is 0. The van der Waals surface area contributed by atoms with Crippen LogP contribution >= 0.6 is 0 Å². The maximum Gasteiger partial charge on any atom is 0.320 e. The van der Waals surface area contributed by atoms with Crippen LogP contribution in [0.25, 0.3) is 0 Å². The highest BCUT2D eigenvalue weighted by Gasteiger charge is 2.28. The first-order valence-corrected chi connectivity index (χ1v) is 8.90. The van der Waals surface area contributed by atoms with Crippen molar-refractivity contribution in [1.29, 1.82) is 0 Å². The number of piperidine rings is 1. The second-order valence-corrected chi connectivity index (χ2v) is 6.78. The number of amides is 3. The predicted octanol–water partition coefficient (Wildman–Crippen LogP) is 0.906. The maximum atomic E-state index is 12.6. The predicted molar refractivity (Wildman–Crippen MR) is 94.7 cm³/mol. The molecule has 2 aliphatic heterocycles. The number of carbonyl (C=O) groups is 2. The van der Waals surface area contributed by atoms with Gasteiger partial charge in [0.2, 0.25) is 0 Å². The number of nitrogens with zero attached hydrogens (tertiary/aromatic N) is 6. The molecule has 0 bridgehead atoms. The van der Waals surface area contributed by atoms with Crippen molar-refractivity contribution in [2.45, 2.75) is 19.3 Å². The highest BCUT2D eigenvalue weighted by Crippen LogP contribution is 2.14. The van der Waals surface area contributed by atoms with Crippen LogP contribution in [0.4, 0.5) is 10.6 Å². The van der Waals surface area contributed by atoms with Crippen LogP contribution in [0.5, 0.6) is 0 Å². The Kier molecular flexibility index (Phi) is 5.35. The third-order valence-electron chi connectivity index (χ3n) is 4.79. The van der Waals surface area contributed by atoms with Crippen molar-refractivity contribution in [3.63, 3.8) is 0 Å². The van der Waals surface area contributed by atoms with Crippen LogP contribution in [0.3, 0.4) is 0 Å². The van der Waals surface area contributed by atoms with Crippen LogP contribution in [0, 0.1) is 0 Å². The topological polar surface area (TPSA) is 72.9 Å². The van der Waals surface area contributed by atoms with E-state index in [1.807, 2.05) is 28.8 Å². The second-order valence-electron chi connectivity index (χ2n) is 6.78. The molecule has 0 spiro atoms. The van der Waals surface area contributed by atoms with Crippen molar-refractivity contribution in [2.24, 2.45) is 0 Å². The molecule has 0 aromatic carbocycles. The summed E-state index contributed by atoms with van der Waals surface area (Å²) in [6.07, 6.45) is 3.39. The molecule has 8 nitrogen and oxygen atoms in total. The lowest BCUT2D eigenvalue weighted by molar-refractivity contribution is 0.0626. The van der Waals surface area contributed by atoms with E-state index in [0.29, 0.717) is 37.7 Å². The van der Waals surface area contributed by atoms with Gasteiger partial charge in [-0.25, -0.2) is 4.79 Å².